The van der Waals surface area contributed by atoms with Crippen molar-refractivity contribution in [2.75, 3.05) is 0 Å². The lowest BCUT2D eigenvalue weighted by molar-refractivity contribution is 0.103. The van der Waals surface area contributed by atoms with Crippen molar-refractivity contribution in [3.63, 3.8) is 0 Å². The number of aromatic nitrogens is 2. The van der Waals surface area contributed by atoms with Crippen molar-refractivity contribution in [2.45, 2.75) is 20.4 Å². The van der Waals surface area contributed by atoms with Crippen molar-refractivity contribution in [3.8, 4) is 0 Å². The lowest BCUT2D eigenvalue weighted by atomic mass is 10.0. The highest BCUT2D eigenvalue weighted by Crippen LogP contribution is 2.23. The number of ketones is 1. The molecule has 1 heterocycles. The zero-order chi connectivity index (χ0) is 16.6. The Labute approximate surface area is 138 Å². The molecule has 1 aromatic heterocycles. The van der Waals surface area contributed by atoms with E-state index in [-0.39, 0.29) is 10.8 Å². The van der Waals surface area contributed by atoms with Gasteiger partial charge in [-0.1, -0.05) is 25.4 Å². The molecule has 0 spiro atoms. The molecule has 0 radical (unpaired) electrons. The summed E-state index contributed by atoms with van der Waals surface area (Å²) in [6.45, 7) is 5.07. The van der Waals surface area contributed by atoms with Crippen LogP contribution in [0, 0.1) is 11.7 Å². The van der Waals surface area contributed by atoms with E-state index in [2.05, 4.69) is 18.9 Å². The van der Waals surface area contributed by atoms with Crippen molar-refractivity contribution < 1.29 is 9.18 Å². The monoisotopic (exact) mass is 330 g/mol. The van der Waals surface area contributed by atoms with Gasteiger partial charge < -0.3 is 0 Å². The number of fused-ring (bicyclic) bond motifs is 1. The van der Waals surface area contributed by atoms with Gasteiger partial charge in [0.15, 0.2) is 5.78 Å². The molecule has 0 aliphatic heterocycles. The van der Waals surface area contributed by atoms with E-state index in [9.17, 15) is 9.18 Å². The quantitative estimate of drug-likeness (QED) is 0.649. The van der Waals surface area contributed by atoms with Crippen molar-refractivity contribution in [1.29, 1.82) is 0 Å². The molecule has 5 heteroatoms. The van der Waals surface area contributed by atoms with E-state index >= 15 is 0 Å². The van der Waals surface area contributed by atoms with Crippen molar-refractivity contribution >= 4 is 28.3 Å². The number of hydrogen-bond donors (Lipinski definition) is 0. The molecule has 0 saturated heterocycles. The van der Waals surface area contributed by atoms with Gasteiger partial charge in [0.1, 0.15) is 5.82 Å². The maximum absolute atomic E-state index is 13.1. The lowest BCUT2D eigenvalue weighted by Crippen LogP contribution is -2.06. The Balaban J connectivity index is 1.98. The van der Waals surface area contributed by atoms with Gasteiger partial charge >= 0.3 is 0 Å². The molecule has 0 N–H and O–H groups in total. The van der Waals surface area contributed by atoms with E-state index in [0.717, 1.165) is 23.5 Å². The number of rotatable bonds is 4. The standard InChI is InChI=1S/C18H16ClFN2O/c1-11(2)10-22-17-6-3-12(7-13(17)9-21-22)18(23)15-5-4-14(20)8-16(15)19/h3-9,11H,10H2,1-2H3. The molecule has 118 valence electrons. The Hall–Kier alpha value is -2.20. The first-order chi connectivity index (χ1) is 11.0. The van der Waals surface area contributed by atoms with Gasteiger partial charge in [-0.2, -0.15) is 5.10 Å². The number of carbonyl (C=O) groups excluding carboxylic acids is 1. The highest BCUT2D eigenvalue weighted by Gasteiger charge is 2.15. The van der Waals surface area contributed by atoms with Gasteiger partial charge in [0.05, 0.1) is 16.7 Å². The maximum Gasteiger partial charge on any atom is 0.194 e. The van der Waals surface area contributed by atoms with Crippen molar-refractivity contribution in [2.24, 2.45) is 5.92 Å². The fourth-order valence-electron chi connectivity index (χ4n) is 2.55. The number of benzene rings is 2. The summed E-state index contributed by atoms with van der Waals surface area (Å²) in [6.07, 6.45) is 1.75. The lowest BCUT2D eigenvalue weighted by Gasteiger charge is -2.07. The van der Waals surface area contributed by atoms with Gasteiger partial charge in [0.25, 0.3) is 0 Å². The molecule has 3 rings (SSSR count). The zero-order valence-electron chi connectivity index (χ0n) is 12.9. The third-order valence-corrected chi connectivity index (χ3v) is 3.93. The van der Waals surface area contributed by atoms with Crippen LogP contribution in [0.3, 0.4) is 0 Å². The maximum atomic E-state index is 13.1. The van der Waals surface area contributed by atoms with E-state index in [1.807, 2.05) is 10.7 Å². The molecule has 0 amide bonds. The average molecular weight is 331 g/mol. The molecule has 0 atom stereocenters. The van der Waals surface area contributed by atoms with E-state index in [0.29, 0.717) is 17.0 Å². The van der Waals surface area contributed by atoms with Crippen LogP contribution in [0.25, 0.3) is 10.9 Å². The first kappa shape index (κ1) is 15.7. The molecule has 0 saturated carbocycles. The molecule has 0 unspecified atom stereocenters. The van der Waals surface area contributed by atoms with E-state index in [1.165, 1.54) is 12.1 Å². The van der Waals surface area contributed by atoms with Crippen molar-refractivity contribution in [1.82, 2.24) is 9.78 Å². The summed E-state index contributed by atoms with van der Waals surface area (Å²) in [7, 11) is 0. The number of carbonyl (C=O) groups is 1. The van der Waals surface area contributed by atoms with E-state index in [1.54, 1.807) is 18.3 Å². The summed E-state index contributed by atoms with van der Waals surface area (Å²) in [5.74, 6) is -0.206. The topological polar surface area (TPSA) is 34.9 Å². The third-order valence-electron chi connectivity index (χ3n) is 3.62. The van der Waals surface area contributed by atoms with Crippen LogP contribution in [0.15, 0.2) is 42.6 Å². The van der Waals surface area contributed by atoms with Crippen LogP contribution in [-0.2, 0) is 6.54 Å². The summed E-state index contributed by atoms with van der Waals surface area (Å²) in [6, 6.07) is 9.22. The molecule has 0 aliphatic carbocycles. The van der Waals surface area contributed by atoms with Gasteiger partial charge in [-0.15, -0.1) is 0 Å². The number of hydrogen-bond acceptors (Lipinski definition) is 2. The predicted octanol–water partition coefficient (Wildman–Crippen LogP) is 4.72. The van der Waals surface area contributed by atoms with Crippen LogP contribution in [-0.4, -0.2) is 15.6 Å². The van der Waals surface area contributed by atoms with Gasteiger partial charge in [-0.05, 0) is 42.3 Å². The van der Waals surface area contributed by atoms with Crippen LogP contribution in [0.5, 0.6) is 0 Å². The number of halogens is 2. The fourth-order valence-corrected chi connectivity index (χ4v) is 2.80. The molecule has 0 aliphatic rings. The molecular formula is C18H16ClFN2O. The van der Waals surface area contributed by atoms with Gasteiger partial charge in [-0.25, -0.2) is 4.39 Å². The minimum atomic E-state index is -0.461. The van der Waals surface area contributed by atoms with Crippen LogP contribution in [0.1, 0.15) is 29.8 Å². The first-order valence-electron chi connectivity index (χ1n) is 7.41. The third kappa shape index (κ3) is 3.13. The SMILES string of the molecule is CC(C)Cn1ncc2cc(C(=O)c3ccc(F)cc3Cl)ccc21. The average Bonchev–Trinajstić information content (AvgIpc) is 2.88. The summed E-state index contributed by atoms with van der Waals surface area (Å²) in [5, 5.41) is 5.38. The van der Waals surface area contributed by atoms with E-state index < -0.39 is 5.82 Å². The fraction of sp³-hybridized carbons (Fsp3) is 0.222. The van der Waals surface area contributed by atoms with E-state index in [4.69, 9.17) is 11.6 Å². The smallest absolute Gasteiger partial charge is 0.194 e. The van der Waals surface area contributed by atoms with Gasteiger partial charge in [-0.3, -0.25) is 9.48 Å². The zero-order valence-corrected chi connectivity index (χ0v) is 13.6. The van der Waals surface area contributed by atoms with Gasteiger partial charge in [0, 0.05) is 23.1 Å². The predicted molar refractivity (Wildman–Crippen MR) is 89.4 cm³/mol. The molecule has 2 aromatic carbocycles. The molecule has 0 fully saturated rings. The molecule has 23 heavy (non-hydrogen) atoms. The Morgan fingerprint density at radius 3 is 2.74 bits per heavy atom. The molecule has 3 aromatic rings. The first-order valence-corrected chi connectivity index (χ1v) is 7.79. The molecule has 0 bridgehead atoms. The Morgan fingerprint density at radius 1 is 1.26 bits per heavy atom. The van der Waals surface area contributed by atoms with Crippen LogP contribution in [0.2, 0.25) is 5.02 Å². The van der Waals surface area contributed by atoms with Crippen molar-refractivity contribution in [3.05, 3.63) is 64.6 Å². The second-order valence-corrected chi connectivity index (χ2v) is 6.35. The summed E-state index contributed by atoms with van der Waals surface area (Å²) < 4.78 is 15.1. The Morgan fingerprint density at radius 2 is 2.04 bits per heavy atom. The molecule has 3 nitrogen and oxygen atoms in total. The largest absolute Gasteiger partial charge is 0.289 e. The highest BCUT2D eigenvalue weighted by atomic mass is 35.5. The van der Waals surface area contributed by atoms with Crippen LogP contribution < -0.4 is 0 Å². The second kappa shape index (κ2) is 6.13. The normalized spacial score (nSPS) is 11.3. The minimum Gasteiger partial charge on any atom is -0.289 e. The van der Waals surface area contributed by atoms with Crippen LogP contribution in [0.4, 0.5) is 4.39 Å². The number of nitrogens with zero attached hydrogens (tertiary/aromatic N) is 2. The summed E-state index contributed by atoms with van der Waals surface area (Å²) >= 11 is 5.98. The van der Waals surface area contributed by atoms with Crippen LogP contribution >= 0.6 is 11.6 Å². The summed E-state index contributed by atoms with van der Waals surface area (Å²) in [4.78, 5) is 12.6. The molecular weight excluding hydrogens is 315 g/mol. The van der Waals surface area contributed by atoms with Gasteiger partial charge in [0.2, 0.25) is 0 Å². The Bertz CT molecular complexity index is 886. The highest BCUT2D eigenvalue weighted by molar-refractivity contribution is 6.35. The summed E-state index contributed by atoms with van der Waals surface area (Å²) in [5.41, 5.74) is 1.79. The second-order valence-electron chi connectivity index (χ2n) is 5.95. The minimum absolute atomic E-state index is 0.116. The Kier molecular flexibility index (Phi) is 4.18.